The average molecular weight is 500 g/mol. The van der Waals surface area contributed by atoms with E-state index < -0.39 is 0 Å². The maximum atomic E-state index is 13.5. The van der Waals surface area contributed by atoms with Crippen LogP contribution in [0.3, 0.4) is 0 Å². The van der Waals surface area contributed by atoms with Gasteiger partial charge in [-0.25, -0.2) is 4.57 Å². The van der Waals surface area contributed by atoms with E-state index in [2.05, 4.69) is 15.5 Å². The number of nitrogens with zero attached hydrogens (tertiary/aromatic N) is 4. The number of fused-ring (bicyclic) bond motifs is 3. The first kappa shape index (κ1) is 23.6. The zero-order valence-corrected chi connectivity index (χ0v) is 21.0. The van der Waals surface area contributed by atoms with Gasteiger partial charge in [0.2, 0.25) is 11.7 Å². The SMILES string of the molecule is COc1ccc(CNC(=O)CSc2nnc3n(-c4ccc(C)cc4C)c(=O)c4ccccc4n23)cc1. The van der Waals surface area contributed by atoms with Crippen LogP contribution >= 0.6 is 11.8 Å². The van der Waals surface area contributed by atoms with Crippen LogP contribution in [-0.4, -0.2) is 37.9 Å². The van der Waals surface area contributed by atoms with E-state index in [1.54, 1.807) is 17.7 Å². The van der Waals surface area contributed by atoms with Crippen molar-refractivity contribution in [1.82, 2.24) is 24.5 Å². The first-order valence-corrected chi connectivity index (χ1v) is 12.4. The van der Waals surface area contributed by atoms with Gasteiger partial charge >= 0.3 is 0 Å². The number of para-hydroxylation sites is 1. The molecule has 0 saturated carbocycles. The number of thioether (sulfide) groups is 1. The molecular weight excluding hydrogens is 474 g/mol. The summed E-state index contributed by atoms with van der Waals surface area (Å²) >= 11 is 1.28. The minimum atomic E-state index is -0.161. The highest BCUT2D eigenvalue weighted by molar-refractivity contribution is 7.99. The Labute approximate surface area is 211 Å². The van der Waals surface area contributed by atoms with Gasteiger partial charge in [-0.15, -0.1) is 10.2 Å². The van der Waals surface area contributed by atoms with E-state index in [1.165, 1.54) is 11.8 Å². The summed E-state index contributed by atoms with van der Waals surface area (Å²) in [6.45, 7) is 4.40. The molecule has 0 aliphatic carbocycles. The van der Waals surface area contributed by atoms with Crippen molar-refractivity contribution < 1.29 is 9.53 Å². The van der Waals surface area contributed by atoms with Crippen LogP contribution in [0.1, 0.15) is 16.7 Å². The van der Waals surface area contributed by atoms with Crippen molar-refractivity contribution in [1.29, 1.82) is 0 Å². The molecule has 5 aromatic rings. The summed E-state index contributed by atoms with van der Waals surface area (Å²) in [5.41, 5.74) is 4.34. The largest absolute Gasteiger partial charge is 0.497 e. The Hall–Kier alpha value is -4.11. The zero-order valence-electron chi connectivity index (χ0n) is 20.2. The minimum absolute atomic E-state index is 0.125. The predicted molar refractivity (Wildman–Crippen MR) is 141 cm³/mol. The molecule has 0 fully saturated rings. The summed E-state index contributed by atoms with van der Waals surface area (Å²) in [6, 6.07) is 20.9. The van der Waals surface area contributed by atoms with Crippen molar-refractivity contribution >= 4 is 34.3 Å². The third kappa shape index (κ3) is 4.45. The number of hydrogen-bond acceptors (Lipinski definition) is 6. The maximum Gasteiger partial charge on any atom is 0.267 e. The highest BCUT2D eigenvalue weighted by atomic mass is 32.2. The van der Waals surface area contributed by atoms with Gasteiger partial charge in [0.25, 0.3) is 5.56 Å². The Balaban J connectivity index is 1.46. The maximum absolute atomic E-state index is 13.5. The second-order valence-electron chi connectivity index (χ2n) is 8.48. The molecular formula is C27H25N5O3S. The monoisotopic (exact) mass is 499 g/mol. The molecule has 0 saturated heterocycles. The number of aryl methyl sites for hydroxylation is 2. The summed E-state index contributed by atoms with van der Waals surface area (Å²) in [7, 11) is 1.62. The van der Waals surface area contributed by atoms with E-state index in [-0.39, 0.29) is 17.2 Å². The van der Waals surface area contributed by atoms with Gasteiger partial charge in [-0.1, -0.05) is 53.7 Å². The Morgan fingerprint density at radius 2 is 1.81 bits per heavy atom. The molecule has 182 valence electrons. The van der Waals surface area contributed by atoms with E-state index >= 15 is 0 Å². The molecule has 2 aromatic heterocycles. The molecule has 0 spiro atoms. The Kier molecular flexibility index (Phi) is 6.47. The van der Waals surface area contributed by atoms with E-state index in [4.69, 9.17) is 4.74 Å². The van der Waals surface area contributed by atoms with Crippen LogP contribution in [0.4, 0.5) is 0 Å². The standard InChI is InChI=1S/C27H25N5O3S/c1-17-8-13-22(18(2)14-17)31-25(34)21-6-4-5-7-23(21)32-26(31)29-30-27(32)36-16-24(33)28-15-19-9-11-20(35-3)12-10-19/h4-14H,15-16H2,1-3H3,(H,28,33). The number of rotatable bonds is 7. The second kappa shape index (κ2) is 9.87. The van der Waals surface area contributed by atoms with E-state index in [9.17, 15) is 9.59 Å². The van der Waals surface area contributed by atoms with E-state index in [0.717, 1.165) is 28.1 Å². The highest BCUT2D eigenvalue weighted by Gasteiger charge is 2.19. The molecule has 0 bridgehead atoms. The number of carbonyl (C=O) groups excluding carboxylic acids is 1. The quantitative estimate of drug-likeness (QED) is 0.340. The van der Waals surface area contributed by atoms with Crippen molar-refractivity contribution in [3.8, 4) is 11.4 Å². The Morgan fingerprint density at radius 1 is 1.03 bits per heavy atom. The van der Waals surface area contributed by atoms with E-state index in [1.807, 2.05) is 78.9 Å². The van der Waals surface area contributed by atoms with Crippen LogP contribution < -0.4 is 15.6 Å². The average Bonchev–Trinajstić information content (AvgIpc) is 3.31. The number of methoxy groups -OCH3 is 1. The Bertz CT molecular complexity index is 1640. The number of ether oxygens (including phenoxy) is 1. The summed E-state index contributed by atoms with van der Waals surface area (Å²) in [5.74, 6) is 1.21. The lowest BCUT2D eigenvalue weighted by Crippen LogP contribution is -2.25. The summed E-state index contributed by atoms with van der Waals surface area (Å²) in [6.07, 6.45) is 0. The fourth-order valence-electron chi connectivity index (χ4n) is 4.17. The molecule has 8 nitrogen and oxygen atoms in total. The molecule has 0 aliphatic rings. The molecule has 1 amide bonds. The van der Waals surface area contributed by atoms with Gasteiger partial charge in [0.1, 0.15) is 5.75 Å². The van der Waals surface area contributed by atoms with Crippen LogP contribution in [0.15, 0.2) is 76.7 Å². The zero-order chi connectivity index (χ0) is 25.2. The normalized spacial score (nSPS) is 11.2. The molecule has 3 aromatic carbocycles. The van der Waals surface area contributed by atoms with Gasteiger partial charge in [-0.2, -0.15) is 0 Å². The number of amides is 1. The number of benzene rings is 3. The molecule has 0 atom stereocenters. The Morgan fingerprint density at radius 3 is 2.56 bits per heavy atom. The van der Waals surface area contributed by atoms with Crippen LogP contribution in [0, 0.1) is 13.8 Å². The molecule has 0 unspecified atom stereocenters. The number of hydrogen-bond donors (Lipinski definition) is 1. The molecule has 1 N–H and O–H groups in total. The lowest BCUT2D eigenvalue weighted by atomic mass is 10.1. The highest BCUT2D eigenvalue weighted by Crippen LogP contribution is 2.24. The summed E-state index contributed by atoms with van der Waals surface area (Å²) in [5, 5.41) is 12.7. The van der Waals surface area contributed by atoms with Crippen molar-refractivity contribution in [2.24, 2.45) is 0 Å². The first-order valence-electron chi connectivity index (χ1n) is 11.4. The fraction of sp³-hybridized carbons (Fsp3) is 0.185. The van der Waals surface area contributed by atoms with Crippen molar-refractivity contribution in [2.75, 3.05) is 12.9 Å². The van der Waals surface area contributed by atoms with Gasteiger partial charge in [-0.05, 0) is 55.3 Å². The topological polar surface area (TPSA) is 90.5 Å². The van der Waals surface area contributed by atoms with Crippen LogP contribution in [0.25, 0.3) is 22.4 Å². The molecule has 0 radical (unpaired) electrons. The van der Waals surface area contributed by atoms with Crippen molar-refractivity contribution in [3.63, 3.8) is 0 Å². The molecule has 36 heavy (non-hydrogen) atoms. The van der Waals surface area contributed by atoms with Gasteiger partial charge in [0.05, 0.1) is 29.5 Å². The third-order valence-electron chi connectivity index (χ3n) is 5.97. The molecule has 0 aliphatic heterocycles. The summed E-state index contributed by atoms with van der Waals surface area (Å²) in [4.78, 5) is 26.1. The van der Waals surface area contributed by atoms with E-state index in [0.29, 0.717) is 28.4 Å². The van der Waals surface area contributed by atoms with Crippen molar-refractivity contribution in [2.45, 2.75) is 25.5 Å². The van der Waals surface area contributed by atoms with Gasteiger partial charge in [0, 0.05) is 6.54 Å². The van der Waals surface area contributed by atoms with Crippen LogP contribution in [0.5, 0.6) is 5.75 Å². The molecule has 9 heteroatoms. The molecule has 2 heterocycles. The lowest BCUT2D eigenvalue weighted by molar-refractivity contribution is -0.118. The van der Waals surface area contributed by atoms with Crippen molar-refractivity contribution in [3.05, 3.63) is 93.8 Å². The van der Waals surface area contributed by atoms with Crippen LogP contribution in [0.2, 0.25) is 0 Å². The molecule has 5 rings (SSSR count). The van der Waals surface area contributed by atoms with Crippen LogP contribution in [-0.2, 0) is 11.3 Å². The number of aromatic nitrogens is 4. The fourth-order valence-corrected chi connectivity index (χ4v) is 4.94. The lowest BCUT2D eigenvalue weighted by Gasteiger charge is -2.13. The third-order valence-corrected chi connectivity index (χ3v) is 6.90. The predicted octanol–water partition coefficient (Wildman–Crippen LogP) is 4.07. The van der Waals surface area contributed by atoms with Gasteiger partial charge in [0.15, 0.2) is 5.16 Å². The second-order valence-corrected chi connectivity index (χ2v) is 9.42. The smallest absolute Gasteiger partial charge is 0.267 e. The summed E-state index contributed by atoms with van der Waals surface area (Å²) < 4.78 is 8.61. The number of carbonyl (C=O) groups is 1. The van der Waals surface area contributed by atoms with Gasteiger partial charge < -0.3 is 10.1 Å². The van der Waals surface area contributed by atoms with Gasteiger partial charge in [-0.3, -0.25) is 14.0 Å². The minimum Gasteiger partial charge on any atom is -0.497 e. The first-order chi connectivity index (χ1) is 17.5. The number of nitrogens with one attached hydrogen (secondary N) is 1.